The molecule has 1 unspecified atom stereocenters. The summed E-state index contributed by atoms with van der Waals surface area (Å²) in [6.45, 7) is 2.08. The zero-order chi connectivity index (χ0) is 9.14. The molecule has 1 atom stereocenters. The van der Waals surface area contributed by atoms with E-state index in [1.165, 1.54) is 6.07 Å². The first kappa shape index (κ1) is 9.64. The van der Waals surface area contributed by atoms with Crippen molar-refractivity contribution >= 4 is 22.6 Å². The molecule has 66 valence electrons. The highest BCUT2D eigenvalue weighted by Crippen LogP contribution is 2.28. The third-order valence-corrected chi connectivity index (χ3v) is 3.12. The van der Waals surface area contributed by atoms with Gasteiger partial charge < -0.3 is 10.2 Å². The first-order valence-electron chi connectivity index (χ1n) is 3.73. The normalized spacial score (nSPS) is 12.8. The van der Waals surface area contributed by atoms with Crippen LogP contribution < -0.4 is 0 Å². The fourth-order valence-electron chi connectivity index (χ4n) is 0.936. The van der Waals surface area contributed by atoms with Crippen molar-refractivity contribution in [1.29, 1.82) is 0 Å². The van der Waals surface area contributed by atoms with Crippen LogP contribution in [-0.4, -0.2) is 14.6 Å². The molecule has 3 heteroatoms. The average Bonchev–Trinajstić information content (AvgIpc) is 2.08. The molecule has 2 nitrogen and oxygen atoms in total. The number of hydrogen-bond acceptors (Lipinski definition) is 2. The number of halogens is 1. The van der Waals surface area contributed by atoms with Crippen LogP contribution in [0.15, 0.2) is 18.2 Å². The molecule has 0 bridgehead atoms. The highest BCUT2D eigenvalue weighted by atomic mass is 127. The predicted molar refractivity (Wildman–Crippen MR) is 57.1 cm³/mol. The van der Waals surface area contributed by atoms with Crippen LogP contribution in [0.1, 0.15) is 18.4 Å². The molecular weight excluding hydrogens is 267 g/mol. The molecule has 1 aromatic rings. The summed E-state index contributed by atoms with van der Waals surface area (Å²) in [6.07, 6.45) is 0. The second kappa shape index (κ2) is 3.98. The van der Waals surface area contributed by atoms with Gasteiger partial charge in [-0.05, 0) is 23.6 Å². The van der Waals surface area contributed by atoms with Gasteiger partial charge in [0, 0.05) is 4.43 Å². The number of alkyl halides is 1. The lowest BCUT2D eigenvalue weighted by Crippen LogP contribution is -1.93. The Morgan fingerprint density at radius 3 is 2.50 bits per heavy atom. The fraction of sp³-hybridized carbons (Fsp3) is 0.333. The number of benzene rings is 1. The minimum absolute atomic E-state index is 0.0378. The predicted octanol–water partition coefficient (Wildman–Crippen LogP) is 2.64. The second-order valence-electron chi connectivity index (χ2n) is 2.80. The van der Waals surface area contributed by atoms with Crippen molar-refractivity contribution in [2.24, 2.45) is 0 Å². The molecule has 0 radical (unpaired) electrons. The van der Waals surface area contributed by atoms with E-state index in [-0.39, 0.29) is 11.5 Å². The van der Waals surface area contributed by atoms with Gasteiger partial charge in [0.05, 0.1) is 0 Å². The first-order valence-corrected chi connectivity index (χ1v) is 5.25. The summed E-state index contributed by atoms with van der Waals surface area (Å²) in [5, 5.41) is 18.2. The van der Waals surface area contributed by atoms with E-state index in [4.69, 9.17) is 5.11 Å². The van der Waals surface area contributed by atoms with Crippen molar-refractivity contribution in [1.82, 2.24) is 0 Å². The molecule has 0 amide bonds. The third kappa shape index (κ3) is 2.03. The van der Waals surface area contributed by atoms with Crippen LogP contribution in [0.4, 0.5) is 0 Å². The maximum Gasteiger partial charge on any atom is 0.157 e. The molecular formula is C9H11IO2. The summed E-state index contributed by atoms with van der Waals surface area (Å²) < 4.78 is 1.00. The van der Waals surface area contributed by atoms with Gasteiger partial charge in [-0.3, -0.25) is 0 Å². The molecule has 0 heterocycles. The zero-order valence-electron chi connectivity index (χ0n) is 6.79. The minimum Gasteiger partial charge on any atom is -0.504 e. The molecule has 0 aliphatic heterocycles. The molecule has 0 saturated carbocycles. The molecule has 0 aliphatic rings. The monoisotopic (exact) mass is 278 g/mol. The minimum atomic E-state index is -0.0561. The van der Waals surface area contributed by atoms with E-state index < -0.39 is 0 Å². The molecule has 0 aromatic heterocycles. The van der Waals surface area contributed by atoms with E-state index in [2.05, 4.69) is 29.5 Å². The van der Waals surface area contributed by atoms with Crippen LogP contribution in [0.2, 0.25) is 0 Å². The van der Waals surface area contributed by atoms with Gasteiger partial charge in [0.1, 0.15) is 0 Å². The first-order chi connectivity index (χ1) is 5.65. The van der Waals surface area contributed by atoms with Crippen molar-refractivity contribution in [3.8, 4) is 11.5 Å². The van der Waals surface area contributed by atoms with Gasteiger partial charge in [-0.1, -0.05) is 35.6 Å². The van der Waals surface area contributed by atoms with Gasteiger partial charge in [0.2, 0.25) is 0 Å². The van der Waals surface area contributed by atoms with Gasteiger partial charge in [0.25, 0.3) is 0 Å². The highest BCUT2D eigenvalue weighted by molar-refractivity contribution is 14.1. The molecule has 0 fully saturated rings. The zero-order valence-corrected chi connectivity index (χ0v) is 8.95. The van der Waals surface area contributed by atoms with Crippen molar-refractivity contribution in [2.45, 2.75) is 12.8 Å². The molecule has 0 spiro atoms. The van der Waals surface area contributed by atoms with Gasteiger partial charge in [-0.25, -0.2) is 0 Å². The van der Waals surface area contributed by atoms with Gasteiger partial charge >= 0.3 is 0 Å². The van der Waals surface area contributed by atoms with E-state index >= 15 is 0 Å². The number of phenolic OH excluding ortho intramolecular Hbond substituents is 2. The topological polar surface area (TPSA) is 40.5 Å². The molecule has 0 saturated heterocycles. The van der Waals surface area contributed by atoms with Crippen molar-refractivity contribution < 1.29 is 10.2 Å². The highest BCUT2D eigenvalue weighted by Gasteiger charge is 2.06. The molecule has 12 heavy (non-hydrogen) atoms. The SMILES string of the molecule is CC(CI)c1ccc(O)c(O)c1. The Labute approximate surface area is 85.4 Å². The summed E-state index contributed by atoms with van der Waals surface area (Å²) >= 11 is 2.29. The summed E-state index contributed by atoms with van der Waals surface area (Å²) in [5.41, 5.74) is 1.06. The van der Waals surface area contributed by atoms with Crippen LogP contribution in [0.5, 0.6) is 11.5 Å². The van der Waals surface area contributed by atoms with E-state index in [0.717, 1.165) is 9.99 Å². The maximum absolute atomic E-state index is 9.19. The average molecular weight is 278 g/mol. The lowest BCUT2D eigenvalue weighted by molar-refractivity contribution is 0.403. The second-order valence-corrected chi connectivity index (χ2v) is 3.68. The Bertz CT molecular complexity index is 273. The Kier molecular flexibility index (Phi) is 3.20. The van der Waals surface area contributed by atoms with E-state index in [1.807, 2.05) is 6.07 Å². The summed E-state index contributed by atoms with van der Waals surface area (Å²) in [5.74, 6) is 0.320. The summed E-state index contributed by atoms with van der Waals surface area (Å²) in [7, 11) is 0. The number of phenols is 2. The maximum atomic E-state index is 9.19. The van der Waals surface area contributed by atoms with Crippen molar-refractivity contribution in [3.05, 3.63) is 23.8 Å². The lowest BCUT2D eigenvalue weighted by atomic mass is 10.0. The molecule has 1 rings (SSSR count). The fourth-order valence-corrected chi connectivity index (χ4v) is 1.44. The Morgan fingerprint density at radius 2 is 2.00 bits per heavy atom. The lowest BCUT2D eigenvalue weighted by Gasteiger charge is -2.08. The van der Waals surface area contributed by atoms with Crippen LogP contribution in [0, 0.1) is 0 Å². The van der Waals surface area contributed by atoms with E-state index in [9.17, 15) is 5.11 Å². The molecule has 1 aromatic carbocycles. The Balaban J connectivity index is 2.96. The van der Waals surface area contributed by atoms with Crippen molar-refractivity contribution in [2.75, 3.05) is 4.43 Å². The summed E-state index contributed by atoms with van der Waals surface area (Å²) in [4.78, 5) is 0. The number of rotatable bonds is 2. The van der Waals surface area contributed by atoms with Crippen LogP contribution >= 0.6 is 22.6 Å². The summed E-state index contributed by atoms with van der Waals surface area (Å²) in [6, 6.07) is 4.96. The van der Waals surface area contributed by atoms with Crippen LogP contribution in [0.25, 0.3) is 0 Å². The molecule has 2 N–H and O–H groups in total. The third-order valence-electron chi connectivity index (χ3n) is 1.80. The van der Waals surface area contributed by atoms with E-state index in [1.54, 1.807) is 6.07 Å². The molecule has 0 aliphatic carbocycles. The smallest absolute Gasteiger partial charge is 0.157 e. The van der Waals surface area contributed by atoms with E-state index in [0.29, 0.717) is 5.92 Å². The Morgan fingerprint density at radius 1 is 1.33 bits per heavy atom. The largest absolute Gasteiger partial charge is 0.504 e. The van der Waals surface area contributed by atoms with Crippen LogP contribution in [-0.2, 0) is 0 Å². The van der Waals surface area contributed by atoms with Crippen molar-refractivity contribution in [3.63, 3.8) is 0 Å². The quantitative estimate of drug-likeness (QED) is 0.496. The Hall–Kier alpha value is -0.450. The van der Waals surface area contributed by atoms with Gasteiger partial charge in [0.15, 0.2) is 11.5 Å². The van der Waals surface area contributed by atoms with Gasteiger partial charge in [-0.15, -0.1) is 0 Å². The standard InChI is InChI=1S/C9H11IO2/c1-6(5-10)7-2-3-8(11)9(12)4-7/h2-4,6,11-12H,5H2,1H3. The van der Waals surface area contributed by atoms with Gasteiger partial charge in [-0.2, -0.15) is 0 Å². The number of hydrogen-bond donors (Lipinski definition) is 2. The number of aromatic hydroxyl groups is 2. The van der Waals surface area contributed by atoms with Crippen LogP contribution in [0.3, 0.4) is 0 Å².